The number of rotatable bonds is 6. The van der Waals surface area contributed by atoms with Crippen molar-refractivity contribution >= 4 is 10.0 Å². The number of nitrogens with zero attached hydrogens (tertiary/aromatic N) is 2. The lowest BCUT2D eigenvalue weighted by Crippen LogP contribution is -2.44. The zero-order valence-corrected chi connectivity index (χ0v) is 16.2. The normalized spacial score (nSPS) is 24.2. The van der Waals surface area contributed by atoms with Crippen LogP contribution in [-0.2, 0) is 20.5 Å². The van der Waals surface area contributed by atoms with Crippen LogP contribution in [0.3, 0.4) is 0 Å². The van der Waals surface area contributed by atoms with E-state index in [0.29, 0.717) is 13.1 Å². The quantitative estimate of drug-likeness (QED) is 0.775. The fourth-order valence-electron chi connectivity index (χ4n) is 3.95. The summed E-state index contributed by atoms with van der Waals surface area (Å²) in [5.74, 6) is 0.0985. The molecule has 2 aliphatic rings. The Kier molecular flexibility index (Phi) is 5.83. The summed E-state index contributed by atoms with van der Waals surface area (Å²) < 4.78 is 33.1. The Morgan fingerprint density at radius 3 is 2.56 bits per heavy atom. The minimum Gasteiger partial charge on any atom is -0.376 e. The number of ether oxygens (including phenoxy) is 1. The van der Waals surface area contributed by atoms with Crippen molar-refractivity contribution in [2.45, 2.75) is 38.0 Å². The molecule has 1 spiro atoms. The monoisotopic (exact) mass is 366 g/mol. The van der Waals surface area contributed by atoms with E-state index in [-0.39, 0.29) is 17.3 Å². The molecule has 6 heteroatoms. The SMILES string of the molecule is CCN(C)C[C@@H]1CC2(CCN(S(=O)(=O)Cc3ccccc3)CC2)CO1. The minimum atomic E-state index is -3.23. The molecule has 0 amide bonds. The van der Waals surface area contributed by atoms with Gasteiger partial charge in [-0.15, -0.1) is 0 Å². The third-order valence-electron chi connectivity index (χ3n) is 5.71. The molecule has 1 aromatic rings. The number of likely N-dealkylation sites (N-methyl/N-ethyl adjacent to an activating group) is 1. The van der Waals surface area contributed by atoms with Crippen LogP contribution in [0.2, 0.25) is 0 Å². The molecule has 140 valence electrons. The summed E-state index contributed by atoms with van der Waals surface area (Å²) in [6.45, 7) is 6.17. The number of hydrogen-bond acceptors (Lipinski definition) is 4. The van der Waals surface area contributed by atoms with Gasteiger partial charge in [0.15, 0.2) is 0 Å². The van der Waals surface area contributed by atoms with Gasteiger partial charge >= 0.3 is 0 Å². The van der Waals surface area contributed by atoms with Crippen molar-refractivity contribution in [3.63, 3.8) is 0 Å². The van der Waals surface area contributed by atoms with E-state index < -0.39 is 10.0 Å². The molecule has 0 aromatic heterocycles. The van der Waals surface area contributed by atoms with Gasteiger partial charge in [-0.3, -0.25) is 0 Å². The minimum absolute atomic E-state index is 0.0985. The summed E-state index contributed by atoms with van der Waals surface area (Å²) in [6.07, 6.45) is 3.17. The molecule has 5 nitrogen and oxygen atoms in total. The number of benzene rings is 1. The lowest BCUT2D eigenvalue weighted by atomic mass is 9.77. The van der Waals surface area contributed by atoms with E-state index in [1.54, 1.807) is 4.31 Å². The Morgan fingerprint density at radius 1 is 1.24 bits per heavy atom. The van der Waals surface area contributed by atoms with E-state index in [1.807, 2.05) is 30.3 Å². The van der Waals surface area contributed by atoms with Gasteiger partial charge in [-0.05, 0) is 43.8 Å². The molecule has 0 aliphatic carbocycles. The third-order valence-corrected chi connectivity index (χ3v) is 7.56. The van der Waals surface area contributed by atoms with Gasteiger partial charge in [-0.25, -0.2) is 12.7 Å². The molecule has 3 rings (SSSR count). The van der Waals surface area contributed by atoms with Gasteiger partial charge in [0.05, 0.1) is 18.5 Å². The maximum Gasteiger partial charge on any atom is 0.218 e. The predicted octanol–water partition coefficient (Wildman–Crippen LogP) is 2.34. The highest BCUT2D eigenvalue weighted by molar-refractivity contribution is 7.88. The van der Waals surface area contributed by atoms with Crippen LogP contribution in [0, 0.1) is 5.41 Å². The van der Waals surface area contributed by atoms with Crippen molar-refractivity contribution in [3.05, 3.63) is 35.9 Å². The van der Waals surface area contributed by atoms with Crippen LogP contribution < -0.4 is 0 Å². The van der Waals surface area contributed by atoms with Crippen molar-refractivity contribution < 1.29 is 13.2 Å². The first-order valence-corrected chi connectivity index (χ1v) is 10.9. The molecular formula is C19H30N2O3S. The summed E-state index contributed by atoms with van der Waals surface area (Å²) in [6, 6.07) is 9.44. The molecule has 0 unspecified atom stereocenters. The molecule has 0 bridgehead atoms. The topological polar surface area (TPSA) is 49.9 Å². The maximum absolute atomic E-state index is 12.7. The average Bonchev–Trinajstić information content (AvgIpc) is 2.97. The van der Waals surface area contributed by atoms with E-state index in [9.17, 15) is 8.42 Å². The highest BCUT2D eigenvalue weighted by Gasteiger charge is 2.44. The molecule has 0 saturated carbocycles. The maximum atomic E-state index is 12.7. The van der Waals surface area contributed by atoms with Gasteiger partial charge in [0, 0.05) is 19.6 Å². The summed E-state index contributed by atoms with van der Waals surface area (Å²) in [5, 5.41) is 0. The van der Waals surface area contributed by atoms with Crippen LogP contribution in [0.25, 0.3) is 0 Å². The summed E-state index contributed by atoms with van der Waals surface area (Å²) in [7, 11) is -1.12. The zero-order valence-electron chi connectivity index (χ0n) is 15.4. The van der Waals surface area contributed by atoms with Crippen molar-refractivity contribution in [1.29, 1.82) is 0 Å². The summed E-state index contributed by atoms with van der Waals surface area (Å²) in [5.41, 5.74) is 1.03. The van der Waals surface area contributed by atoms with E-state index in [0.717, 1.165) is 44.5 Å². The summed E-state index contributed by atoms with van der Waals surface area (Å²) in [4.78, 5) is 2.28. The van der Waals surface area contributed by atoms with Crippen LogP contribution in [0.4, 0.5) is 0 Å². The highest BCUT2D eigenvalue weighted by Crippen LogP contribution is 2.42. The Morgan fingerprint density at radius 2 is 1.92 bits per heavy atom. The van der Waals surface area contributed by atoms with Gasteiger partial charge in [0.2, 0.25) is 10.0 Å². The van der Waals surface area contributed by atoms with Gasteiger partial charge in [0.25, 0.3) is 0 Å². The fourth-order valence-corrected chi connectivity index (χ4v) is 5.49. The second-order valence-electron chi connectivity index (χ2n) is 7.63. The number of hydrogen-bond donors (Lipinski definition) is 0. The lowest BCUT2D eigenvalue weighted by Gasteiger charge is -2.37. The van der Waals surface area contributed by atoms with Crippen molar-refractivity contribution in [2.24, 2.45) is 5.41 Å². The molecule has 1 atom stereocenters. The van der Waals surface area contributed by atoms with Gasteiger partial charge in [-0.1, -0.05) is 37.3 Å². The first kappa shape index (κ1) is 18.8. The molecule has 2 saturated heterocycles. The van der Waals surface area contributed by atoms with Crippen LogP contribution in [0.15, 0.2) is 30.3 Å². The van der Waals surface area contributed by atoms with E-state index in [2.05, 4.69) is 18.9 Å². The van der Waals surface area contributed by atoms with Gasteiger partial charge in [-0.2, -0.15) is 0 Å². The Bertz CT molecular complexity index is 655. The molecule has 2 fully saturated rings. The molecule has 2 heterocycles. The van der Waals surface area contributed by atoms with Crippen molar-refractivity contribution in [3.8, 4) is 0 Å². The molecule has 2 aliphatic heterocycles. The van der Waals surface area contributed by atoms with Crippen LogP contribution in [0.1, 0.15) is 31.7 Å². The zero-order chi connectivity index (χ0) is 17.9. The Hall–Kier alpha value is -0.950. The van der Waals surface area contributed by atoms with Gasteiger partial charge in [0.1, 0.15) is 0 Å². The molecule has 25 heavy (non-hydrogen) atoms. The second kappa shape index (κ2) is 7.74. The lowest BCUT2D eigenvalue weighted by molar-refractivity contribution is 0.0639. The Labute approximate surface area is 152 Å². The smallest absolute Gasteiger partial charge is 0.218 e. The summed E-state index contributed by atoms with van der Waals surface area (Å²) >= 11 is 0. The van der Waals surface area contributed by atoms with Gasteiger partial charge < -0.3 is 9.64 Å². The first-order valence-electron chi connectivity index (χ1n) is 9.24. The van der Waals surface area contributed by atoms with Crippen LogP contribution in [-0.4, -0.2) is 63.6 Å². The molecular weight excluding hydrogens is 336 g/mol. The van der Waals surface area contributed by atoms with E-state index in [4.69, 9.17) is 4.74 Å². The largest absolute Gasteiger partial charge is 0.376 e. The van der Waals surface area contributed by atoms with E-state index in [1.165, 1.54) is 0 Å². The van der Waals surface area contributed by atoms with Crippen molar-refractivity contribution in [2.75, 3.05) is 39.8 Å². The fraction of sp³-hybridized carbons (Fsp3) is 0.684. The average molecular weight is 367 g/mol. The second-order valence-corrected chi connectivity index (χ2v) is 9.60. The number of piperidine rings is 1. The highest BCUT2D eigenvalue weighted by atomic mass is 32.2. The Balaban J connectivity index is 1.55. The predicted molar refractivity (Wildman–Crippen MR) is 99.8 cm³/mol. The molecule has 0 radical (unpaired) electrons. The molecule has 0 N–H and O–H groups in total. The number of sulfonamides is 1. The van der Waals surface area contributed by atoms with Crippen LogP contribution in [0.5, 0.6) is 0 Å². The standard InChI is InChI=1S/C19H30N2O3S/c1-3-20(2)14-18-13-19(16-24-18)9-11-21(12-10-19)25(22,23)15-17-7-5-4-6-8-17/h4-8,18H,3,9-16H2,1-2H3/t18-/m0/s1. The van der Waals surface area contributed by atoms with Crippen molar-refractivity contribution in [1.82, 2.24) is 9.21 Å². The molecule has 1 aromatic carbocycles. The van der Waals surface area contributed by atoms with Crippen LogP contribution >= 0.6 is 0 Å². The van der Waals surface area contributed by atoms with E-state index >= 15 is 0 Å². The third kappa shape index (κ3) is 4.61. The first-order chi connectivity index (χ1) is 11.9.